The SMILES string of the molecule is O=C(COC(=O)c1n[nH]c2ccccc12)NCCc1ccc(OC(F)F)cc1. The van der Waals surface area contributed by atoms with Crippen molar-refractivity contribution in [2.75, 3.05) is 13.2 Å². The van der Waals surface area contributed by atoms with E-state index in [1.165, 1.54) is 12.1 Å². The molecule has 1 amide bonds. The van der Waals surface area contributed by atoms with Crippen molar-refractivity contribution in [1.29, 1.82) is 0 Å². The van der Waals surface area contributed by atoms with Crippen molar-refractivity contribution >= 4 is 22.8 Å². The molecular formula is C19H17F2N3O4. The zero-order valence-electron chi connectivity index (χ0n) is 14.7. The molecule has 146 valence electrons. The maximum atomic E-state index is 12.1. The monoisotopic (exact) mass is 389 g/mol. The number of H-pyrrole nitrogens is 1. The lowest BCUT2D eigenvalue weighted by molar-refractivity contribution is -0.124. The molecule has 0 fully saturated rings. The van der Waals surface area contributed by atoms with E-state index in [-0.39, 0.29) is 11.4 Å². The average Bonchev–Trinajstić information content (AvgIpc) is 3.11. The van der Waals surface area contributed by atoms with Crippen LogP contribution in [-0.2, 0) is 16.0 Å². The second kappa shape index (κ2) is 8.94. The number of aromatic nitrogens is 2. The number of halogens is 2. The van der Waals surface area contributed by atoms with Crippen molar-refractivity contribution in [1.82, 2.24) is 15.5 Å². The Morgan fingerprint density at radius 3 is 2.61 bits per heavy atom. The third kappa shape index (κ3) is 5.03. The summed E-state index contributed by atoms with van der Waals surface area (Å²) in [4.78, 5) is 23.9. The van der Waals surface area contributed by atoms with Crippen LogP contribution in [0.3, 0.4) is 0 Å². The first-order valence-electron chi connectivity index (χ1n) is 8.43. The number of rotatable bonds is 8. The van der Waals surface area contributed by atoms with Gasteiger partial charge < -0.3 is 14.8 Å². The van der Waals surface area contributed by atoms with Crippen LogP contribution in [0.5, 0.6) is 5.75 Å². The molecule has 1 aromatic heterocycles. The van der Waals surface area contributed by atoms with Crippen molar-refractivity contribution < 1.29 is 27.8 Å². The summed E-state index contributed by atoms with van der Waals surface area (Å²) in [6, 6.07) is 13.2. The minimum Gasteiger partial charge on any atom is -0.451 e. The van der Waals surface area contributed by atoms with Crippen molar-refractivity contribution in [3.8, 4) is 5.75 Å². The molecule has 9 heteroatoms. The maximum Gasteiger partial charge on any atom is 0.387 e. The molecule has 0 aliphatic carbocycles. The summed E-state index contributed by atoms with van der Waals surface area (Å²) in [5.74, 6) is -1.08. The van der Waals surface area contributed by atoms with Gasteiger partial charge in [0.25, 0.3) is 5.91 Å². The standard InChI is InChI=1S/C19H17F2N3O4/c20-19(21)28-13-7-5-12(6-8-13)9-10-22-16(25)11-27-18(26)17-14-3-1-2-4-15(14)23-24-17/h1-8,19H,9-11H2,(H,22,25)(H,23,24). The molecule has 2 aromatic carbocycles. The first-order chi connectivity index (χ1) is 13.5. The van der Waals surface area contributed by atoms with Gasteiger partial charge in [0.05, 0.1) is 5.52 Å². The topological polar surface area (TPSA) is 93.3 Å². The third-order valence-electron chi connectivity index (χ3n) is 3.88. The summed E-state index contributed by atoms with van der Waals surface area (Å²) < 4.78 is 33.5. The Balaban J connectivity index is 1.41. The Bertz CT molecular complexity index is 957. The van der Waals surface area contributed by atoms with Gasteiger partial charge in [0.15, 0.2) is 12.3 Å². The van der Waals surface area contributed by atoms with Crippen molar-refractivity contribution in [3.05, 3.63) is 59.8 Å². The number of ether oxygens (including phenoxy) is 2. The lowest BCUT2D eigenvalue weighted by Gasteiger charge is -2.07. The number of fused-ring (bicyclic) bond motifs is 1. The van der Waals surface area contributed by atoms with Gasteiger partial charge in [-0.1, -0.05) is 30.3 Å². The van der Waals surface area contributed by atoms with Crippen LogP contribution < -0.4 is 10.1 Å². The van der Waals surface area contributed by atoms with Gasteiger partial charge in [-0.15, -0.1) is 0 Å². The highest BCUT2D eigenvalue weighted by Gasteiger charge is 2.16. The molecule has 0 atom stereocenters. The van der Waals surface area contributed by atoms with Gasteiger partial charge in [0, 0.05) is 11.9 Å². The molecule has 0 saturated carbocycles. The molecule has 1 heterocycles. The highest BCUT2D eigenvalue weighted by molar-refractivity contribution is 6.02. The van der Waals surface area contributed by atoms with E-state index in [1.807, 2.05) is 6.07 Å². The zero-order chi connectivity index (χ0) is 19.9. The van der Waals surface area contributed by atoms with Crippen LogP contribution in [0, 0.1) is 0 Å². The zero-order valence-corrected chi connectivity index (χ0v) is 14.7. The maximum absolute atomic E-state index is 12.1. The number of benzene rings is 2. The van der Waals surface area contributed by atoms with Crippen LogP contribution >= 0.6 is 0 Å². The third-order valence-corrected chi connectivity index (χ3v) is 3.88. The number of carbonyl (C=O) groups is 2. The molecule has 0 bridgehead atoms. The summed E-state index contributed by atoms with van der Waals surface area (Å²) in [7, 11) is 0. The number of amides is 1. The minimum absolute atomic E-state index is 0.0700. The van der Waals surface area contributed by atoms with E-state index in [0.717, 1.165) is 5.56 Å². The van der Waals surface area contributed by atoms with E-state index in [9.17, 15) is 18.4 Å². The Labute approximate surface area is 158 Å². The number of para-hydroxylation sites is 1. The number of aromatic amines is 1. The van der Waals surface area contributed by atoms with Gasteiger partial charge in [-0.25, -0.2) is 4.79 Å². The molecule has 0 unspecified atom stereocenters. The van der Waals surface area contributed by atoms with E-state index in [0.29, 0.717) is 23.9 Å². The van der Waals surface area contributed by atoms with E-state index < -0.39 is 25.1 Å². The summed E-state index contributed by atoms with van der Waals surface area (Å²) in [6.45, 7) is -3.00. The number of nitrogens with one attached hydrogen (secondary N) is 2. The van der Waals surface area contributed by atoms with E-state index in [4.69, 9.17) is 4.74 Å². The molecule has 0 spiro atoms. The molecule has 3 aromatic rings. The quantitative estimate of drug-likeness (QED) is 0.578. The van der Waals surface area contributed by atoms with E-state index >= 15 is 0 Å². The number of nitrogens with zero attached hydrogens (tertiary/aromatic N) is 1. The Morgan fingerprint density at radius 1 is 1.11 bits per heavy atom. The van der Waals surface area contributed by atoms with E-state index in [1.54, 1.807) is 30.3 Å². The van der Waals surface area contributed by atoms with Gasteiger partial charge in [0.2, 0.25) is 0 Å². The summed E-state index contributed by atoms with van der Waals surface area (Å²) in [5.41, 5.74) is 1.65. The number of carbonyl (C=O) groups excluding carboxylic acids is 2. The van der Waals surface area contributed by atoms with Gasteiger partial charge in [-0.3, -0.25) is 9.89 Å². The molecule has 0 aliphatic rings. The smallest absolute Gasteiger partial charge is 0.387 e. The Kier molecular flexibility index (Phi) is 6.15. The fourth-order valence-corrected chi connectivity index (χ4v) is 2.55. The van der Waals surface area contributed by atoms with Crippen molar-refractivity contribution in [2.24, 2.45) is 0 Å². The summed E-state index contributed by atoms with van der Waals surface area (Å²) in [6.07, 6.45) is 0.485. The Morgan fingerprint density at radius 2 is 1.86 bits per heavy atom. The number of hydrogen-bond donors (Lipinski definition) is 2. The fraction of sp³-hybridized carbons (Fsp3) is 0.211. The van der Waals surface area contributed by atoms with Crippen LogP contribution in [0.2, 0.25) is 0 Å². The van der Waals surface area contributed by atoms with Crippen LogP contribution in [-0.4, -0.2) is 41.8 Å². The van der Waals surface area contributed by atoms with Gasteiger partial charge in [-0.2, -0.15) is 13.9 Å². The molecule has 2 N–H and O–H groups in total. The molecule has 0 radical (unpaired) electrons. The second-order valence-electron chi connectivity index (χ2n) is 5.82. The lowest BCUT2D eigenvalue weighted by atomic mass is 10.1. The summed E-state index contributed by atoms with van der Waals surface area (Å²) >= 11 is 0. The Hall–Kier alpha value is -3.49. The molecule has 28 heavy (non-hydrogen) atoms. The van der Waals surface area contributed by atoms with Crippen LogP contribution in [0.25, 0.3) is 10.9 Å². The molecule has 0 saturated heterocycles. The minimum atomic E-state index is -2.87. The van der Waals surface area contributed by atoms with Crippen molar-refractivity contribution in [3.63, 3.8) is 0 Å². The molecule has 7 nitrogen and oxygen atoms in total. The summed E-state index contributed by atoms with van der Waals surface area (Å²) in [5, 5.41) is 9.87. The number of alkyl halides is 2. The predicted molar refractivity (Wildman–Crippen MR) is 96.2 cm³/mol. The first kappa shape index (κ1) is 19.3. The van der Waals surface area contributed by atoms with Gasteiger partial charge in [-0.05, 0) is 30.2 Å². The van der Waals surface area contributed by atoms with Crippen LogP contribution in [0.1, 0.15) is 16.1 Å². The lowest BCUT2D eigenvalue weighted by Crippen LogP contribution is -2.30. The van der Waals surface area contributed by atoms with Gasteiger partial charge >= 0.3 is 12.6 Å². The molecular weight excluding hydrogens is 372 g/mol. The molecule has 0 aliphatic heterocycles. The average molecular weight is 389 g/mol. The van der Waals surface area contributed by atoms with Gasteiger partial charge in [0.1, 0.15) is 5.75 Å². The number of esters is 1. The van der Waals surface area contributed by atoms with Crippen LogP contribution in [0.15, 0.2) is 48.5 Å². The highest BCUT2D eigenvalue weighted by atomic mass is 19.3. The second-order valence-corrected chi connectivity index (χ2v) is 5.82. The number of hydrogen-bond acceptors (Lipinski definition) is 5. The molecule has 3 rings (SSSR count). The normalized spacial score (nSPS) is 10.8. The van der Waals surface area contributed by atoms with Crippen molar-refractivity contribution in [2.45, 2.75) is 13.0 Å². The fourth-order valence-electron chi connectivity index (χ4n) is 2.55. The predicted octanol–water partition coefficient (Wildman–Crippen LogP) is 2.68. The highest BCUT2D eigenvalue weighted by Crippen LogP contribution is 2.16. The largest absolute Gasteiger partial charge is 0.451 e. The van der Waals surface area contributed by atoms with E-state index in [2.05, 4.69) is 20.3 Å². The van der Waals surface area contributed by atoms with Crippen LogP contribution in [0.4, 0.5) is 8.78 Å². The first-order valence-corrected chi connectivity index (χ1v) is 8.43.